The summed E-state index contributed by atoms with van der Waals surface area (Å²) in [5.74, 6) is -3.25. The van der Waals surface area contributed by atoms with E-state index in [1.807, 2.05) is 0 Å². The third kappa shape index (κ3) is 2.58. The van der Waals surface area contributed by atoms with Gasteiger partial charge in [0.05, 0.1) is 18.1 Å². The standard InChI is InChI=1S/C26H26O9/c1-13-11-15(27)18-16(12-13)34-26(22(31)32-5)14(19(18)28)7-6-8-17(26)33-21(30)25-10-9-24(4,20(29)35-25)23(25,2)3/h6-8,11-12,17,27H,9-10H2,1-5H3/t17-,24-,25+,26+/m0/s1. The predicted molar refractivity (Wildman–Crippen MR) is 120 cm³/mol. The van der Waals surface area contributed by atoms with Crippen LogP contribution in [-0.2, 0) is 28.6 Å². The van der Waals surface area contributed by atoms with E-state index in [2.05, 4.69) is 0 Å². The molecule has 0 aromatic heterocycles. The molecule has 35 heavy (non-hydrogen) atoms. The number of benzene rings is 1. The number of Topliss-reactive ketones (excluding diaryl/α,β-unsaturated/α-hetero) is 1. The van der Waals surface area contributed by atoms with Crippen molar-refractivity contribution in [1.82, 2.24) is 0 Å². The molecule has 9 heteroatoms. The van der Waals surface area contributed by atoms with Crippen LogP contribution in [0.3, 0.4) is 0 Å². The summed E-state index contributed by atoms with van der Waals surface area (Å²) >= 11 is 0. The van der Waals surface area contributed by atoms with Gasteiger partial charge in [0, 0.05) is 5.41 Å². The van der Waals surface area contributed by atoms with Gasteiger partial charge in [0.1, 0.15) is 17.1 Å². The first-order valence-electron chi connectivity index (χ1n) is 11.3. The van der Waals surface area contributed by atoms with Crippen LogP contribution in [0.2, 0.25) is 0 Å². The topological polar surface area (TPSA) is 125 Å². The Bertz CT molecular complexity index is 1270. The minimum absolute atomic E-state index is 0.0365. The molecule has 2 heterocycles. The lowest BCUT2D eigenvalue weighted by Gasteiger charge is -2.43. The molecule has 2 bridgehead atoms. The number of aryl methyl sites for hydroxylation is 1. The van der Waals surface area contributed by atoms with E-state index in [0.29, 0.717) is 12.0 Å². The van der Waals surface area contributed by atoms with E-state index in [4.69, 9.17) is 18.9 Å². The average molecular weight is 482 g/mol. The van der Waals surface area contributed by atoms with Crippen molar-refractivity contribution in [2.24, 2.45) is 10.8 Å². The molecule has 0 unspecified atom stereocenters. The Labute approximate surface area is 201 Å². The van der Waals surface area contributed by atoms with Crippen LogP contribution in [-0.4, -0.2) is 53.2 Å². The van der Waals surface area contributed by atoms with Gasteiger partial charge in [-0.05, 0) is 50.5 Å². The minimum Gasteiger partial charge on any atom is -0.507 e. The van der Waals surface area contributed by atoms with Crippen LogP contribution >= 0.6 is 0 Å². The van der Waals surface area contributed by atoms with Crippen molar-refractivity contribution >= 4 is 23.7 Å². The largest absolute Gasteiger partial charge is 0.507 e. The molecule has 1 aromatic rings. The summed E-state index contributed by atoms with van der Waals surface area (Å²) in [5.41, 5.74) is -5.07. The molecule has 4 atom stereocenters. The maximum atomic E-state index is 13.7. The van der Waals surface area contributed by atoms with Gasteiger partial charge >= 0.3 is 17.9 Å². The molecule has 5 rings (SSSR count). The highest BCUT2D eigenvalue weighted by molar-refractivity contribution is 6.19. The average Bonchev–Trinajstić information content (AvgIpc) is 3.09. The van der Waals surface area contributed by atoms with Crippen molar-refractivity contribution in [3.05, 3.63) is 47.1 Å². The lowest BCUT2D eigenvalue weighted by atomic mass is 9.66. The number of esters is 3. The van der Waals surface area contributed by atoms with Crippen molar-refractivity contribution in [3.8, 4) is 11.5 Å². The Balaban J connectivity index is 1.60. The minimum atomic E-state index is -2.14. The van der Waals surface area contributed by atoms with Gasteiger partial charge in [-0.3, -0.25) is 9.59 Å². The van der Waals surface area contributed by atoms with Crippen LogP contribution in [0.5, 0.6) is 11.5 Å². The number of rotatable bonds is 3. The van der Waals surface area contributed by atoms with Crippen molar-refractivity contribution in [2.45, 2.75) is 57.8 Å². The van der Waals surface area contributed by atoms with E-state index >= 15 is 0 Å². The maximum Gasteiger partial charge on any atom is 0.359 e. The van der Waals surface area contributed by atoms with Crippen molar-refractivity contribution in [2.75, 3.05) is 7.11 Å². The zero-order chi connectivity index (χ0) is 25.6. The summed E-state index contributed by atoms with van der Waals surface area (Å²) in [6.45, 7) is 7.03. The first kappa shape index (κ1) is 23.1. The Hall–Kier alpha value is -3.62. The third-order valence-electron chi connectivity index (χ3n) is 8.45. The quantitative estimate of drug-likeness (QED) is 0.511. The molecule has 1 aromatic carbocycles. The van der Waals surface area contributed by atoms with Gasteiger partial charge in [0.2, 0.25) is 11.4 Å². The van der Waals surface area contributed by atoms with Crippen LogP contribution in [0.4, 0.5) is 0 Å². The highest BCUT2D eigenvalue weighted by atomic mass is 16.6. The Kier molecular flexibility index (Phi) is 4.60. The molecule has 9 nitrogen and oxygen atoms in total. The molecule has 1 saturated heterocycles. The monoisotopic (exact) mass is 482 g/mol. The molecule has 2 fully saturated rings. The number of ether oxygens (including phenoxy) is 4. The van der Waals surface area contributed by atoms with Crippen LogP contribution in [0.25, 0.3) is 0 Å². The Morgan fingerprint density at radius 3 is 2.40 bits per heavy atom. The molecule has 2 aliphatic heterocycles. The van der Waals surface area contributed by atoms with Crippen molar-refractivity contribution in [3.63, 3.8) is 0 Å². The van der Waals surface area contributed by atoms with Crippen LogP contribution in [0.1, 0.15) is 49.5 Å². The normalized spacial score (nSPS) is 33.7. The fourth-order valence-corrected chi connectivity index (χ4v) is 5.83. The summed E-state index contributed by atoms with van der Waals surface area (Å²) in [6.07, 6.45) is 3.56. The highest BCUT2D eigenvalue weighted by Crippen LogP contribution is 2.66. The Morgan fingerprint density at radius 1 is 1.09 bits per heavy atom. The second kappa shape index (κ2) is 6.96. The summed E-state index contributed by atoms with van der Waals surface area (Å²) in [6, 6.07) is 2.92. The van der Waals surface area contributed by atoms with Crippen molar-refractivity contribution in [1.29, 1.82) is 0 Å². The van der Waals surface area contributed by atoms with Crippen LogP contribution < -0.4 is 4.74 Å². The van der Waals surface area contributed by atoms with E-state index in [1.54, 1.807) is 27.7 Å². The first-order chi connectivity index (χ1) is 16.4. The zero-order valence-corrected chi connectivity index (χ0v) is 20.1. The van der Waals surface area contributed by atoms with Gasteiger partial charge in [-0.2, -0.15) is 0 Å². The number of aromatic hydroxyl groups is 1. The van der Waals surface area contributed by atoms with Gasteiger partial charge in [-0.25, -0.2) is 9.59 Å². The molecule has 0 spiro atoms. The van der Waals surface area contributed by atoms with E-state index in [9.17, 15) is 24.3 Å². The number of ketones is 1. The predicted octanol–water partition coefficient (Wildman–Crippen LogP) is 2.72. The second-order valence-corrected chi connectivity index (χ2v) is 10.3. The molecule has 0 radical (unpaired) electrons. The zero-order valence-electron chi connectivity index (χ0n) is 20.1. The Morgan fingerprint density at radius 2 is 1.80 bits per heavy atom. The SMILES string of the molecule is COC(=O)[C@@]12Oc3cc(C)cc(O)c3C(=O)C1=CC=C[C@@H]2OC(=O)[C@@]12CC[C@@](C)(C(=O)O1)C2(C)C. The van der Waals surface area contributed by atoms with E-state index < -0.39 is 51.8 Å². The number of phenolic OH excluding ortho intramolecular Hbond substituents is 1. The van der Waals surface area contributed by atoms with Crippen LogP contribution in [0.15, 0.2) is 35.9 Å². The summed E-state index contributed by atoms with van der Waals surface area (Å²) < 4.78 is 22.6. The third-order valence-corrected chi connectivity index (χ3v) is 8.45. The maximum absolute atomic E-state index is 13.7. The van der Waals surface area contributed by atoms with Gasteiger partial charge < -0.3 is 24.1 Å². The summed E-state index contributed by atoms with van der Waals surface area (Å²) in [7, 11) is 1.13. The number of hydrogen-bond acceptors (Lipinski definition) is 9. The van der Waals surface area contributed by atoms with E-state index in [-0.39, 0.29) is 29.1 Å². The molecule has 0 amide bonds. The lowest BCUT2D eigenvalue weighted by molar-refractivity contribution is -0.194. The molecular formula is C26H26O9. The van der Waals surface area contributed by atoms with Gasteiger partial charge in [0.25, 0.3) is 5.60 Å². The van der Waals surface area contributed by atoms with Crippen molar-refractivity contribution < 1.29 is 43.2 Å². The highest BCUT2D eigenvalue weighted by Gasteiger charge is 2.77. The fourth-order valence-electron chi connectivity index (χ4n) is 5.83. The lowest BCUT2D eigenvalue weighted by Crippen LogP contribution is -2.62. The molecule has 184 valence electrons. The number of carbonyl (C=O) groups is 4. The van der Waals surface area contributed by atoms with E-state index in [0.717, 1.165) is 7.11 Å². The first-order valence-corrected chi connectivity index (χ1v) is 11.3. The van der Waals surface area contributed by atoms with Crippen LogP contribution in [0, 0.1) is 17.8 Å². The molecule has 4 aliphatic rings. The molecule has 1 saturated carbocycles. The van der Waals surface area contributed by atoms with Gasteiger partial charge in [-0.15, -0.1) is 0 Å². The number of phenols is 1. The van der Waals surface area contributed by atoms with E-state index in [1.165, 1.54) is 30.4 Å². The number of fused-ring (bicyclic) bond motifs is 4. The number of carbonyl (C=O) groups excluding carboxylic acids is 4. The number of methoxy groups -OCH3 is 1. The summed E-state index contributed by atoms with van der Waals surface area (Å²) in [4.78, 5) is 53.0. The second-order valence-electron chi connectivity index (χ2n) is 10.3. The van der Waals surface area contributed by atoms with Gasteiger partial charge in [0.15, 0.2) is 6.10 Å². The molecular weight excluding hydrogens is 456 g/mol. The fraction of sp³-hybridized carbons (Fsp3) is 0.462. The smallest absolute Gasteiger partial charge is 0.359 e. The summed E-state index contributed by atoms with van der Waals surface area (Å²) in [5, 5.41) is 10.4. The number of allylic oxidation sites excluding steroid dienone is 2. The molecule has 1 N–H and O–H groups in total. The molecule has 2 aliphatic carbocycles. The number of hydrogen-bond donors (Lipinski definition) is 1. The van der Waals surface area contributed by atoms with Gasteiger partial charge in [-0.1, -0.05) is 26.0 Å².